The van der Waals surface area contributed by atoms with Crippen molar-refractivity contribution in [1.82, 2.24) is 15.2 Å². The Kier molecular flexibility index (Phi) is 6.03. The van der Waals surface area contributed by atoms with Crippen molar-refractivity contribution in [1.29, 1.82) is 0 Å². The van der Waals surface area contributed by atoms with E-state index in [1.54, 1.807) is 37.3 Å². The Balaban J connectivity index is 1.40. The number of carbonyl (C=O) groups is 2. The number of hydrogen-bond donors (Lipinski definition) is 2. The molecule has 1 saturated heterocycles. The van der Waals surface area contributed by atoms with Gasteiger partial charge in [0.1, 0.15) is 5.58 Å². The number of nitrogens with zero attached hydrogens (tertiary/aromatic N) is 1. The number of hydrogen-bond acceptors (Lipinski definition) is 5. The second kappa shape index (κ2) is 8.76. The van der Waals surface area contributed by atoms with E-state index in [1.165, 1.54) is 4.31 Å². The van der Waals surface area contributed by atoms with Gasteiger partial charge in [0.15, 0.2) is 5.76 Å². The fourth-order valence-corrected chi connectivity index (χ4v) is 5.43. The molecule has 1 aromatic heterocycles. The highest BCUT2D eigenvalue weighted by Gasteiger charge is 2.33. The van der Waals surface area contributed by atoms with E-state index < -0.39 is 27.8 Å². The molecule has 2 N–H and O–H groups in total. The third kappa shape index (κ3) is 4.26. The van der Waals surface area contributed by atoms with Crippen LogP contribution in [0, 0.1) is 19.8 Å². The summed E-state index contributed by atoms with van der Waals surface area (Å²) in [6, 6.07) is 13.9. The highest BCUT2D eigenvalue weighted by atomic mass is 32.2. The molecular weight excluding hydrogens is 430 g/mol. The number of furan rings is 1. The lowest BCUT2D eigenvalue weighted by Crippen LogP contribution is -2.50. The summed E-state index contributed by atoms with van der Waals surface area (Å²) < 4.78 is 32.8. The average Bonchev–Trinajstić information content (AvgIpc) is 3.14. The highest BCUT2D eigenvalue weighted by molar-refractivity contribution is 7.89. The SMILES string of the molecule is Cc1ccc(S(=O)(=O)N2CCC[C@H](C(=O)NNC(=O)c3oc4ccccc4c3C)C2)cc1. The van der Waals surface area contributed by atoms with Crippen LogP contribution in [0.1, 0.15) is 34.5 Å². The van der Waals surface area contributed by atoms with Gasteiger partial charge in [-0.1, -0.05) is 35.9 Å². The Morgan fingerprint density at radius 2 is 1.75 bits per heavy atom. The van der Waals surface area contributed by atoms with Gasteiger partial charge in [0.25, 0.3) is 0 Å². The summed E-state index contributed by atoms with van der Waals surface area (Å²) in [6.07, 6.45) is 1.09. The van der Waals surface area contributed by atoms with E-state index in [9.17, 15) is 18.0 Å². The number of nitrogens with one attached hydrogen (secondary N) is 2. The maximum Gasteiger partial charge on any atom is 0.305 e. The number of sulfonamides is 1. The summed E-state index contributed by atoms with van der Waals surface area (Å²) in [5.74, 6) is -1.44. The Hall–Kier alpha value is -3.17. The van der Waals surface area contributed by atoms with Gasteiger partial charge in [-0.3, -0.25) is 20.4 Å². The minimum Gasteiger partial charge on any atom is -0.451 e. The van der Waals surface area contributed by atoms with Crippen LogP contribution in [0.25, 0.3) is 11.0 Å². The molecule has 0 saturated carbocycles. The van der Waals surface area contributed by atoms with Crippen molar-refractivity contribution < 1.29 is 22.4 Å². The molecule has 1 fully saturated rings. The van der Waals surface area contributed by atoms with Crippen LogP contribution in [0.5, 0.6) is 0 Å². The van der Waals surface area contributed by atoms with Gasteiger partial charge in [-0.05, 0) is 44.9 Å². The number of benzene rings is 2. The number of aryl methyl sites for hydroxylation is 2. The number of hydrazine groups is 1. The molecule has 1 aliphatic rings. The van der Waals surface area contributed by atoms with E-state index in [-0.39, 0.29) is 17.2 Å². The minimum atomic E-state index is -3.69. The van der Waals surface area contributed by atoms with E-state index in [1.807, 2.05) is 25.1 Å². The molecule has 2 heterocycles. The molecule has 0 bridgehead atoms. The van der Waals surface area contributed by atoms with Gasteiger partial charge in [0.05, 0.1) is 10.8 Å². The van der Waals surface area contributed by atoms with Crippen molar-refractivity contribution in [3.05, 3.63) is 65.4 Å². The number of amides is 2. The first-order valence-electron chi connectivity index (χ1n) is 10.4. The molecule has 0 aliphatic carbocycles. The highest BCUT2D eigenvalue weighted by Crippen LogP contribution is 2.25. The number of carbonyl (C=O) groups excluding carboxylic acids is 2. The van der Waals surface area contributed by atoms with E-state index >= 15 is 0 Å². The Morgan fingerprint density at radius 3 is 2.47 bits per heavy atom. The van der Waals surface area contributed by atoms with Crippen LogP contribution in [0.4, 0.5) is 0 Å². The van der Waals surface area contributed by atoms with Crippen LogP contribution in [-0.4, -0.2) is 37.6 Å². The fourth-order valence-electron chi connectivity index (χ4n) is 3.90. The van der Waals surface area contributed by atoms with E-state index in [4.69, 9.17) is 4.42 Å². The molecule has 0 radical (unpaired) electrons. The first kappa shape index (κ1) is 22.0. The lowest BCUT2D eigenvalue weighted by molar-refractivity contribution is -0.126. The largest absolute Gasteiger partial charge is 0.451 e. The molecule has 0 unspecified atom stereocenters. The van der Waals surface area contributed by atoms with Crippen molar-refractivity contribution in [3.63, 3.8) is 0 Å². The van der Waals surface area contributed by atoms with Crippen LogP contribution in [0.2, 0.25) is 0 Å². The van der Waals surface area contributed by atoms with Crippen molar-refractivity contribution in [2.45, 2.75) is 31.6 Å². The van der Waals surface area contributed by atoms with Gasteiger partial charge >= 0.3 is 5.91 Å². The second-order valence-corrected chi connectivity index (χ2v) is 9.95. The summed E-state index contributed by atoms with van der Waals surface area (Å²) in [5, 5.41) is 0.827. The van der Waals surface area contributed by atoms with Crippen molar-refractivity contribution in [2.75, 3.05) is 13.1 Å². The van der Waals surface area contributed by atoms with Crippen molar-refractivity contribution >= 4 is 32.8 Å². The lowest BCUT2D eigenvalue weighted by atomic mass is 9.99. The van der Waals surface area contributed by atoms with Gasteiger partial charge < -0.3 is 4.42 Å². The molecule has 1 atom stereocenters. The van der Waals surface area contributed by atoms with Gasteiger partial charge in [-0.25, -0.2) is 8.42 Å². The maximum atomic E-state index is 13.0. The van der Waals surface area contributed by atoms with Gasteiger partial charge in [0, 0.05) is 24.0 Å². The molecule has 1 aliphatic heterocycles. The lowest BCUT2D eigenvalue weighted by Gasteiger charge is -2.31. The molecule has 0 spiro atoms. The summed E-state index contributed by atoms with van der Waals surface area (Å²) in [5.41, 5.74) is 7.05. The van der Waals surface area contributed by atoms with E-state index in [0.29, 0.717) is 30.5 Å². The zero-order chi connectivity index (χ0) is 22.9. The predicted molar refractivity (Wildman–Crippen MR) is 119 cm³/mol. The fraction of sp³-hybridized carbons (Fsp3) is 0.304. The molecule has 4 rings (SSSR count). The topological polar surface area (TPSA) is 109 Å². The van der Waals surface area contributed by atoms with Gasteiger partial charge in [0.2, 0.25) is 15.9 Å². The molecule has 32 heavy (non-hydrogen) atoms. The smallest absolute Gasteiger partial charge is 0.305 e. The van der Waals surface area contributed by atoms with Crippen LogP contribution in [0.15, 0.2) is 57.8 Å². The average molecular weight is 456 g/mol. The summed E-state index contributed by atoms with van der Waals surface area (Å²) in [7, 11) is -3.69. The Bertz CT molecular complexity index is 1260. The summed E-state index contributed by atoms with van der Waals surface area (Å²) in [6.45, 7) is 4.07. The van der Waals surface area contributed by atoms with Crippen LogP contribution in [0.3, 0.4) is 0 Å². The molecule has 8 nitrogen and oxygen atoms in total. The summed E-state index contributed by atoms with van der Waals surface area (Å²) in [4.78, 5) is 25.4. The monoisotopic (exact) mass is 455 g/mol. The molecular formula is C23H25N3O5S. The first-order chi connectivity index (χ1) is 15.3. The third-order valence-corrected chi connectivity index (χ3v) is 7.64. The molecule has 9 heteroatoms. The molecule has 3 aromatic rings. The molecule has 2 aromatic carbocycles. The zero-order valence-electron chi connectivity index (χ0n) is 17.9. The second-order valence-electron chi connectivity index (χ2n) is 8.01. The number of para-hydroxylation sites is 1. The normalized spacial score (nSPS) is 17.2. The summed E-state index contributed by atoms with van der Waals surface area (Å²) >= 11 is 0. The van der Waals surface area contributed by atoms with Crippen LogP contribution < -0.4 is 10.9 Å². The predicted octanol–water partition coefficient (Wildman–Crippen LogP) is 2.91. The Morgan fingerprint density at radius 1 is 1.03 bits per heavy atom. The first-order valence-corrected chi connectivity index (χ1v) is 11.9. The number of rotatable bonds is 4. The third-order valence-electron chi connectivity index (χ3n) is 5.76. The zero-order valence-corrected chi connectivity index (χ0v) is 18.7. The van der Waals surface area contributed by atoms with Crippen molar-refractivity contribution in [2.24, 2.45) is 5.92 Å². The maximum absolute atomic E-state index is 13.0. The van der Waals surface area contributed by atoms with E-state index in [2.05, 4.69) is 10.9 Å². The Labute approximate surface area is 186 Å². The number of piperidine rings is 1. The van der Waals surface area contributed by atoms with Crippen LogP contribution in [-0.2, 0) is 14.8 Å². The molecule has 2 amide bonds. The standard InChI is InChI=1S/C23H25N3O5S/c1-15-9-11-18(12-10-15)32(29,30)26-13-5-6-17(14-26)22(27)24-25-23(28)21-16(2)19-7-3-4-8-20(19)31-21/h3-4,7-12,17H,5-6,13-14H2,1-2H3,(H,24,27)(H,25,28)/t17-/m0/s1. The number of fused-ring (bicyclic) bond motifs is 1. The van der Waals surface area contributed by atoms with Gasteiger partial charge in [-0.2, -0.15) is 4.31 Å². The van der Waals surface area contributed by atoms with Crippen LogP contribution >= 0.6 is 0 Å². The minimum absolute atomic E-state index is 0.0571. The quantitative estimate of drug-likeness (QED) is 0.588. The van der Waals surface area contributed by atoms with E-state index in [0.717, 1.165) is 10.9 Å². The molecule has 168 valence electrons. The van der Waals surface area contributed by atoms with Crippen molar-refractivity contribution in [3.8, 4) is 0 Å². The van der Waals surface area contributed by atoms with Gasteiger partial charge in [-0.15, -0.1) is 0 Å².